The Morgan fingerprint density at radius 3 is 2.89 bits per heavy atom. The second-order valence-electron chi connectivity index (χ2n) is 5.49. The van der Waals surface area contributed by atoms with Crippen molar-refractivity contribution in [3.8, 4) is 0 Å². The summed E-state index contributed by atoms with van der Waals surface area (Å²) in [5.74, 6) is 2.85. The van der Waals surface area contributed by atoms with E-state index in [9.17, 15) is 0 Å². The van der Waals surface area contributed by atoms with Gasteiger partial charge in [0.25, 0.3) is 0 Å². The van der Waals surface area contributed by atoms with E-state index in [0.717, 1.165) is 36.2 Å². The second-order valence-corrected chi connectivity index (χ2v) is 5.49. The van der Waals surface area contributed by atoms with E-state index in [2.05, 4.69) is 35.0 Å². The average molecular weight is 256 g/mol. The maximum Gasteiger partial charge on any atom is 0.129 e. The van der Waals surface area contributed by atoms with Gasteiger partial charge in [-0.25, -0.2) is 4.98 Å². The van der Waals surface area contributed by atoms with Gasteiger partial charge in [-0.1, -0.05) is 13.0 Å². The van der Waals surface area contributed by atoms with Crippen molar-refractivity contribution in [3.05, 3.63) is 48.0 Å². The van der Waals surface area contributed by atoms with Crippen LogP contribution in [-0.4, -0.2) is 11.5 Å². The largest absolute Gasteiger partial charge is 0.467 e. The van der Waals surface area contributed by atoms with Crippen molar-refractivity contribution < 1.29 is 4.42 Å². The number of anilines is 1. The standard InChI is InChI=1S/C16H20N2O/c1-12-8-9-18(16-7-3-5-13(2)17-16)14(11-12)15-6-4-10-19-15/h3-7,10,12,14H,8-9,11H2,1-2H3. The van der Waals surface area contributed by atoms with Crippen LogP contribution < -0.4 is 4.90 Å². The van der Waals surface area contributed by atoms with Crippen LogP contribution in [-0.2, 0) is 0 Å². The Bertz CT molecular complexity index is 535. The van der Waals surface area contributed by atoms with Crippen molar-refractivity contribution >= 4 is 5.82 Å². The number of hydrogen-bond acceptors (Lipinski definition) is 3. The van der Waals surface area contributed by atoms with Crippen LogP contribution in [0, 0.1) is 12.8 Å². The molecule has 2 aromatic heterocycles. The lowest BCUT2D eigenvalue weighted by molar-refractivity contribution is 0.327. The molecule has 3 nitrogen and oxygen atoms in total. The molecule has 1 saturated heterocycles. The van der Waals surface area contributed by atoms with Crippen LogP contribution >= 0.6 is 0 Å². The first-order valence-electron chi connectivity index (χ1n) is 6.98. The van der Waals surface area contributed by atoms with Crippen molar-refractivity contribution in [2.45, 2.75) is 32.7 Å². The van der Waals surface area contributed by atoms with Gasteiger partial charge in [0.2, 0.25) is 0 Å². The first kappa shape index (κ1) is 12.3. The lowest BCUT2D eigenvalue weighted by Crippen LogP contribution is -2.36. The van der Waals surface area contributed by atoms with E-state index in [1.54, 1.807) is 6.26 Å². The predicted molar refractivity (Wildman–Crippen MR) is 76.2 cm³/mol. The molecule has 0 amide bonds. The summed E-state index contributed by atoms with van der Waals surface area (Å²) in [5, 5.41) is 0. The highest BCUT2D eigenvalue weighted by Crippen LogP contribution is 2.36. The fraction of sp³-hybridized carbons (Fsp3) is 0.438. The Kier molecular flexibility index (Phi) is 3.28. The van der Waals surface area contributed by atoms with Crippen molar-refractivity contribution in [2.75, 3.05) is 11.4 Å². The van der Waals surface area contributed by atoms with Gasteiger partial charge in [0, 0.05) is 12.2 Å². The van der Waals surface area contributed by atoms with Crippen LogP contribution in [0.5, 0.6) is 0 Å². The van der Waals surface area contributed by atoms with E-state index in [0.29, 0.717) is 6.04 Å². The molecule has 100 valence electrons. The third kappa shape index (κ3) is 2.50. The Morgan fingerprint density at radius 2 is 2.16 bits per heavy atom. The number of pyridine rings is 1. The molecule has 0 saturated carbocycles. The highest BCUT2D eigenvalue weighted by atomic mass is 16.3. The van der Waals surface area contributed by atoms with Crippen molar-refractivity contribution in [1.82, 2.24) is 4.98 Å². The monoisotopic (exact) mass is 256 g/mol. The van der Waals surface area contributed by atoms with Gasteiger partial charge in [0.15, 0.2) is 0 Å². The van der Waals surface area contributed by atoms with E-state index in [4.69, 9.17) is 4.42 Å². The fourth-order valence-electron chi connectivity index (χ4n) is 2.85. The third-order valence-electron chi connectivity index (χ3n) is 3.90. The summed E-state index contributed by atoms with van der Waals surface area (Å²) in [6, 6.07) is 10.6. The smallest absolute Gasteiger partial charge is 0.129 e. The molecule has 3 heterocycles. The average Bonchev–Trinajstić information content (AvgIpc) is 2.92. The number of furan rings is 1. The highest BCUT2D eigenvalue weighted by Gasteiger charge is 2.30. The topological polar surface area (TPSA) is 29.3 Å². The van der Waals surface area contributed by atoms with Gasteiger partial charge in [-0.15, -0.1) is 0 Å². The van der Waals surface area contributed by atoms with Crippen LogP contribution in [0.25, 0.3) is 0 Å². The lowest BCUT2D eigenvalue weighted by atomic mass is 9.91. The SMILES string of the molecule is Cc1cccc(N2CCC(C)CC2c2ccco2)n1. The minimum Gasteiger partial charge on any atom is -0.467 e. The summed E-state index contributed by atoms with van der Waals surface area (Å²) in [4.78, 5) is 7.05. The van der Waals surface area contributed by atoms with Crippen molar-refractivity contribution in [2.24, 2.45) is 5.92 Å². The van der Waals surface area contributed by atoms with Gasteiger partial charge in [-0.2, -0.15) is 0 Å². The Hall–Kier alpha value is -1.77. The van der Waals surface area contributed by atoms with Gasteiger partial charge >= 0.3 is 0 Å². The van der Waals surface area contributed by atoms with Gasteiger partial charge in [-0.05, 0) is 49.9 Å². The van der Waals surface area contributed by atoms with Crippen molar-refractivity contribution in [3.63, 3.8) is 0 Å². The van der Waals surface area contributed by atoms with Gasteiger partial charge in [0.1, 0.15) is 11.6 Å². The number of nitrogens with zero attached hydrogens (tertiary/aromatic N) is 2. The van der Waals surface area contributed by atoms with Crippen LogP contribution in [0.3, 0.4) is 0 Å². The minimum absolute atomic E-state index is 0.313. The molecule has 2 atom stereocenters. The van der Waals surface area contributed by atoms with Crippen molar-refractivity contribution in [1.29, 1.82) is 0 Å². The molecule has 1 fully saturated rings. The van der Waals surface area contributed by atoms with E-state index in [1.165, 1.54) is 6.42 Å². The molecule has 2 unspecified atom stereocenters. The summed E-state index contributed by atoms with van der Waals surface area (Å²) in [6.07, 6.45) is 4.10. The molecule has 0 N–H and O–H groups in total. The zero-order chi connectivity index (χ0) is 13.2. The normalized spacial score (nSPS) is 23.6. The van der Waals surface area contributed by atoms with E-state index in [1.807, 2.05) is 19.1 Å². The Labute approximate surface area is 114 Å². The zero-order valence-electron chi connectivity index (χ0n) is 11.5. The number of aryl methyl sites for hydroxylation is 1. The number of aromatic nitrogens is 1. The van der Waals surface area contributed by atoms with Gasteiger partial charge < -0.3 is 9.32 Å². The maximum absolute atomic E-state index is 5.63. The van der Waals surface area contributed by atoms with Crippen LogP contribution in [0.1, 0.15) is 37.3 Å². The molecule has 0 aliphatic carbocycles. The molecule has 3 rings (SSSR count). The molecule has 19 heavy (non-hydrogen) atoms. The molecule has 0 aromatic carbocycles. The molecule has 3 heteroatoms. The van der Waals surface area contributed by atoms with Gasteiger partial charge in [0.05, 0.1) is 12.3 Å². The van der Waals surface area contributed by atoms with Crippen LogP contribution in [0.4, 0.5) is 5.82 Å². The predicted octanol–water partition coefficient (Wildman–Crippen LogP) is 3.96. The van der Waals surface area contributed by atoms with E-state index >= 15 is 0 Å². The van der Waals surface area contributed by atoms with E-state index < -0.39 is 0 Å². The van der Waals surface area contributed by atoms with Crippen LogP contribution in [0.2, 0.25) is 0 Å². The number of hydrogen-bond donors (Lipinski definition) is 0. The Morgan fingerprint density at radius 1 is 1.26 bits per heavy atom. The highest BCUT2D eigenvalue weighted by molar-refractivity contribution is 5.42. The first-order chi connectivity index (χ1) is 9.24. The van der Waals surface area contributed by atoms with E-state index in [-0.39, 0.29) is 0 Å². The molecular formula is C16H20N2O. The minimum atomic E-state index is 0.313. The molecule has 0 bridgehead atoms. The fourth-order valence-corrected chi connectivity index (χ4v) is 2.85. The zero-order valence-corrected chi connectivity index (χ0v) is 11.5. The summed E-state index contributed by atoms with van der Waals surface area (Å²) in [6.45, 7) is 5.40. The lowest BCUT2D eigenvalue weighted by Gasteiger charge is -2.38. The molecule has 1 aliphatic rings. The summed E-state index contributed by atoms with van der Waals surface area (Å²) in [7, 11) is 0. The third-order valence-corrected chi connectivity index (χ3v) is 3.90. The summed E-state index contributed by atoms with van der Waals surface area (Å²) < 4.78 is 5.63. The first-order valence-corrected chi connectivity index (χ1v) is 6.98. The quantitative estimate of drug-likeness (QED) is 0.814. The van der Waals surface area contributed by atoms with Crippen LogP contribution in [0.15, 0.2) is 41.0 Å². The summed E-state index contributed by atoms with van der Waals surface area (Å²) >= 11 is 0. The summed E-state index contributed by atoms with van der Waals surface area (Å²) in [5.41, 5.74) is 1.06. The molecule has 2 aromatic rings. The molecular weight excluding hydrogens is 236 g/mol. The number of piperidine rings is 1. The van der Waals surface area contributed by atoms with Gasteiger partial charge in [-0.3, -0.25) is 0 Å². The Balaban J connectivity index is 1.93. The second kappa shape index (κ2) is 5.08. The molecule has 0 spiro atoms. The molecule has 0 radical (unpaired) electrons. The molecule has 1 aliphatic heterocycles. The maximum atomic E-state index is 5.63. The number of rotatable bonds is 2.